The Morgan fingerprint density at radius 3 is 1.80 bits per heavy atom. The third-order valence-electron chi connectivity index (χ3n) is 0.894. The molecule has 0 aliphatic rings. The Labute approximate surface area is 63.2 Å². The Hall–Kier alpha value is 0.254. The lowest BCUT2D eigenvalue weighted by Gasteiger charge is -2.21. The van der Waals surface area contributed by atoms with Crippen molar-refractivity contribution in [1.29, 1.82) is 0 Å². The smallest absolute Gasteiger partial charge is 0.244 e. The van der Waals surface area contributed by atoms with Crippen LogP contribution in [-0.2, 0) is 4.12 Å². The summed E-state index contributed by atoms with van der Waals surface area (Å²) in [6.45, 7) is 7.33. The van der Waals surface area contributed by atoms with E-state index in [0.29, 0.717) is 0 Å². The van der Waals surface area contributed by atoms with Crippen LogP contribution in [0.5, 0.6) is 0 Å². The van der Waals surface area contributed by atoms with Gasteiger partial charge in [0, 0.05) is 0 Å². The van der Waals surface area contributed by atoms with E-state index in [9.17, 15) is 8.78 Å². The molecule has 1 nitrogen and oxygen atoms in total. The van der Waals surface area contributed by atoms with Crippen molar-refractivity contribution in [2.45, 2.75) is 32.2 Å². The minimum Gasteiger partial charge on any atom is -0.454 e. The van der Waals surface area contributed by atoms with Gasteiger partial charge in [-0.1, -0.05) is 0 Å². The van der Waals surface area contributed by atoms with Crippen LogP contribution in [0.3, 0.4) is 0 Å². The monoisotopic (exact) mass is 184 g/mol. The summed E-state index contributed by atoms with van der Waals surface area (Å²) in [5.41, 5.74) is 0. The number of hydrogen-bond acceptors (Lipinski definition) is 1. The highest BCUT2D eigenvalue weighted by Gasteiger charge is 2.25. The van der Waals surface area contributed by atoms with Gasteiger partial charge in [0.1, 0.15) is 0 Å². The first kappa shape index (κ1) is 10.3. The van der Waals surface area contributed by atoms with Gasteiger partial charge < -0.3 is 4.12 Å². The second kappa shape index (κ2) is 3.59. The molecule has 1 unspecified atom stereocenters. The zero-order valence-corrected chi connectivity index (χ0v) is 8.97. The molecular formula is C5H14F2OSi2. The van der Waals surface area contributed by atoms with Crippen LogP contribution in [0.2, 0.25) is 26.2 Å². The van der Waals surface area contributed by atoms with Gasteiger partial charge in [0.25, 0.3) is 0 Å². The summed E-state index contributed by atoms with van der Waals surface area (Å²) in [5.74, 6) is 0. The summed E-state index contributed by atoms with van der Waals surface area (Å²) in [7, 11) is -3.87. The van der Waals surface area contributed by atoms with Gasteiger partial charge in [0.2, 0.25) is 15.1 Å². The van der Waals surface area contributed by atoms with E-state index in [1.165, 1.54) is 0 Å². The molecule has 0 radical (unpaired) electrons. The van der Waals surface area contributed by atoms with Crippen LogP contribution in [0.25, 0.3) is 0 Å². The molecule has 0 aliphatic heterocycles. The molecule has 10 heavy (non-hydrogen) atoms. The SMILES string of the molecule is C[SiH](O[Si](C)(C)C)C(F)F. The zero-order valence-electron chi connectivity index (χ0n) is 6.82. The third kappa shape index (κ3) is 5.07. The first-order chi connectivity index (χ1) is 4.33. The maximum absolute atomic E-state index is 11.9. The van der Waals surface area contributed by atoms with E-state index < -0.39 is 23.4 Å². The van der Waals surface area contributed by atoms with Gasteiger partial charge in [-0.2, -0.15) is 0 Å². The van der Waals surface area contributed by atoms with Crippen molar-refractivity contribution in [2.24, 2.45) is 0 Å². The maximum Gasteiger partial charge on any atom is 0.244 e. The second-order valence-electron chi connectivity index (χ2n) is 3.27. The van der Waals surface area contributed by atoms with Crippen molar-refractivity contribution < 1.29 is 12.9 Å². The highest BCUT2D eigenvalue weighted by atomic mass is 28.4. The lowest BCUT2D eigenvalue weighted by molar-refractivity contribution is 0.215. The summed E-state index contributed by atoms with van der Waals surface area (Å²) >= 11 is 0. The van der Waals surface area contributed by atoms with Crippen LogP contribution < -0.4 is 0 Å². The van der Waals surface area contributed by atoms with Crippen LogP contribution in [0.15, 0.2) is 0 Å². The van der Waals surface area contributed by atoms with Crippen molar-refractivity contribution >= 4 is 17.4 Å². The molecule has 0 bridgehead atoms. The van der Waals surface area contributed by atoms with Gasteiger partial charge in [0.15, 0.2) is 8.32 Å². The van der Waals surface area contributed by atoms with Crippen molar-refractivity contribution in [1.82, 2.24) is 0 Å². The Bertz CT molecular complexity index is 102. The Kier molecular flexibility index (Phi) is 3.68. The summed E-state index contributed by atoms with van der Waals surface area (Å²) in [5, 5.41) is 0. The number of rotatable bonds is 3. The molecule has 62 valence electrons. The molecule has 0 heterocycles. The molecule has 0 spiro atoms. The quantitative estimate of drug-likeness (QED) is 0.610. The molecule has 0 N–H and O–H groups in total. The van der Waals surface area contributed by atoms with Crippen LogP contribution in [0.1, 0.15) is 0 Å². The van der Waals surface area contributed by atoms with Crippen molar-refractivity contribution in [3.05, 3.63) is 0 Å². The predicted octanol–water partition coefficient (Wildman–Crippen LogP) is 2.00. The molecule has 0 saturated carbocycles. The highest BCUT2D eigenvalue weighted by molar-refractivity contribution is 6.77. The van der Waals surface area contributed by atoms with E-state index in [0.717, 1.165) is 0 Å². The van der Waals surface area contributed by atoms with Crippen LogP contribution >= 0.6 is 0 Å². The molecular weight excluding hydrogens is 170 g/mol. The fraction of sp³-hybridized carbons (Fsp3) is 1.00. The zero-order chi connectivity index (χ0) is 8.36. The summed E-state index contributed by atoms with van der Waals surface area (Å²) < 4.78 is 29.1. The van der Waals surface area contributed by atoms with Crippen molar-refractivity contribution in [3.63, 3.8) is 0 Å². The lowest BCUT2D eigenvalue weighted by Crippen LogP contribution is -2.37. The van der Waals surface area contributed by atoms with Crippen LogP contribution in [0.4, 0.5) is 8.78 Å². The Morgan fingerprint density at radius 2 is 1.70 bits per heavy atom. The number of alkyl halides is 2. The average Bonchev–Trinajstić information content (AvgIpc) is 1.60. The largest absolute Gasteiger partial charge is 0.454 e. The van der Waals surface area contributed by atoms with Crippen molar-refractivity contribution in [2.75, 3.05) is 0 Å². The minimum absolute atomic E-state index is 1.54. The number of hydrogen-bond donors (Lipinski definition) is 0. The molecule has 1 atom stereocenters. The van der Waals surface area contributed by atoms with Gasteiger partial charge in [-0.05, 0) is 26.2 Å². The first-order valence-corrected chi connectivity index (χ1v) is 8.99. The second-order valence-corrected chi connectivity index (χ2v) is 10.4. The molecule has 0 aromatic heterocycles. The minimum atomic E-state index is -2.22. The third-order valence-corrected chi connectivity index (χ3v) is 5.92. The van der Waals surface area contributed by atoms with E-state index in [2.05, 4.69) is 0 Å². The maximum atomic E-state index is 11.9. The van der Waals surface area contributed by atoms with Gasteiger partial charge in [0.05, 0.1) is 0 Å². The van der Waals surface area contributed by atoms with Gasteiger partial charge in [-0.3, -0.25) is 0 Å². The van der Waals surface area contributed by atoms with Crippen molar-refractivity contribution in [3.8, 4) is 0 Å². The van der Waals surface area contributed by atoms with E-state index in [-0.39, 0.29) is 0 Å². The lowest BCUT2D eigenvalue weighted by atomic mass is 11.7. The predicted molar refractivity (Wildman–Crippen MR) is 43.4 cm³/mol. The summed E-state index contributed by atoms with van der Waals surface area (Å²) in [4.78, 5) is 0. The van der Waals surface area contributed by atoms with E-state index >= 15 is 0 Å². The van der Waals surface area contributed by atoms with Crippen LogP contribution in [-0.4, -0.2) is 23.4 Å². The first-order valence-electron chi connectivity index (χ1n) is 3.29. The fourth-order valence-electron chi connectivity index (χ4n) is 0.609. The fourth-order valence-corrected chi connectivity index (χ4v) is 5.48. The van der Waals surface area contributed by atoms with Gasteiger partial charge >= 0.3 is 0 Å². The highest BCUT2D eigenvalue weighted by Crippen LogP contribution is 2.09. The Balaban J connectivity index is 3.68. The molecule has 0 rings (SSSR count). The molecule has 0 saturated heterocycles. The van der Waals surface area contributed by atoms with E-state index in [1.807, 2.05) is 19.6 Å². The molecule has 0 aromatic carbocycles. The number of halogens is 2. The average molecular weight is 184 g/mol. The molecule has 0 aliphatic carbocycles. The van der Waals surface area contributed by atoms with E-state index in [4.69, 9.17) is 4.12 Å². The molecule has 0 aromatic rings. The standard InChI is InChI=1S/C5H14F2OSi2/c1-9(5(6)7)8-10(2,3)4/h5,9H,1-4H3. The molecule has 0 amide bonds. The van der Waals surface area contributed by atoms with Gasteiger partial charge in [-0.25, -0.2) is 8.78 Å². The van der Waals surface area contributed by atoms with E-state index in [1.54, 1.807) is 6.55 Å². The molecule has 5 heteroatoms. The van der Waals surface area contributed by atoms with Gasteiger partial charge in [-0.15, -0.1) is 0 Å². The normalized spacial score (nSPS) is 15.9. The summed E-state index contributed by atoms with van der Waals surface area (Å²) in [6, 6.07) is -2.22. The molecule has 0 fully saturated rings. The topological polar surface area (TPSA) is 9.23 Å². The van der Waals surface area contributed by atoms with Crippen LogP contribution in [0, 0.1) is 0 Å². The summed E-state index contributed by atoms with van der Waals surface area (Å²) in [6.07, 6.45) is 0. The Morgan fingerprint density at radius 1 is 1.30 bits per heavy atom.